The van der Waals surface area contributed by atoms with Crippen molar-refractivity contribution in [2.24, 2.45) is 0 Å². The fourth-order valence-electron chi connectivity index (χ4n) is 4.59. The molecule has 0 amide bonds. The molecule has 7 nitrogen and oxygen atoms in total. The first-order chi connectivity index (χ1) is 16.2. The molecule has 8 heteroatoms. The molecule has 0 spiro atoms. The predicted octanol–water partition coefficient (Wildman–Crippen LogP) is 4.98. The molecule has 1 fully saturated rings. The lowest BCUT2D eigenvalue weighted by Gasteiger charge is -2.29. The number of hydrogen-bond acceptors (Lipinski definition) is 7. The molecule has 0 unspecified atom stereocenters. The third-order valence-corrected chi connectivity index (χ3v) is 6.29. The standard InChI is InChI=1S/C25H21ClN6O/c1-31(22-18-8-4-2-6-16(18)14-17-7-3-5-9-19(17)22)23-21-20(27-15-28-23)24(30-25(26)29-21)32-10-12-33-13-11-32/h2-9,14-15H,10-13H2,1H3. The molecule has 3 heterocycles. The summed E-state index contributed by atoms with van der Waals surface area (Å²) >= 11 is 6.40. The average molecular weight is 457 g/mol. The first-order valence-corrected chi connectivity index (χ1v) is 11.2. The number of halogens is 1. The van der Waals surface area contributed by atoms with Crippen LogP contribution in [0.4, 0.5) is 17.3 Å². The molecule has 0 atom stereocenters. The number of morpholine rings is 1. The summed E-state index contributed by atoms with van der Waals surface area (Å²) in [5, 5.41) is 4.78. The lowest BCUT2D eigenvalue weighted by atomic mass is 10.00. The number of ether oxygens (including phenoxy) is 1. The highest BCUT2D eigenvalue weighted by Gasteiger charge is 2.23. The van der Waals surface area contributed by atoms with E-state index >= 15 is 0 Å². The van der Waals surface area contributed by atoms with Crippen LogP contribution in [0, 0.1) is 0 Å². The Hall–Kier alpha value is -3.55. The Bertz CT molecular complexity index is 1450. The Morgan fingerprint density at radius 2 is 1.55 bits per heavy atom. The molecule has 3 aromatic carbocycles. The second-order valence-corrected chi connectivity index (χ2v) is 8.37. The van der Waals surface area contributed by atoms with Crippen molar-refractivity contribution in [3.8, 4) is 0 Å². The summed E-state index contributed by atoms with van der Waals surface area (Å²) in [5.74, 6) is 1.40. The average Bonchev–Trinajstić information content (AvgIpc) is 2.86. The molecule has 5 aromatic rings. The maximum atomic E-state index is 6.40. The number of rotatable bonds is 3. The topological polar surface area (TPSA) is 67.3 Å². The molecule has 1 saturated heterocycles. The van der Waals surface area contributed by atoms with E-state index in [1.54, 1.807) is 6.33 Å². The van der Waals surface area contributed by atoms with Gasteiger partial charge in [-0.15, -0.1) is 0 Å². The van der Waals surface area contributed by atoms with Crippen LogP contribution in [0.3, 0.4) is 0 Å². The number of aromatic nitrogens is 4. The smallest absolute Gasteiger partial charge is 0.225 e. The highest BCUT2D eigenvalue weighted by atomic mass is 35.5. The number of fused-ring (bicyclic) bond motifs is 3. The molecule has 1 aliphatic rings. The summed E-state index contributed by atoms with van der Waals surface area (Å²) in [6.45, 7) is 2.74. The second kappa shape index (κ2) is 8.10. The summed E-state index contributed by atoms with van der Waals surface area (Å²) in [6, 6.07) is 19.0. The van der Waals surface area contributed by atoms with E-state index in [-0.39, 0.29) is 5.28 Å². The van der Waals surface area contributed by atoms with Gasteiger partial charge in [0.15, 0.2) is 11.6 Å². The highest BCUT2D eigenvalue weighted by molar-refractivity contribution is 6.29. The van der Waals surface area contributed by atoms with Crippen molar-refractivity contribution in [2.75, 3.05) is 43.2 Å². The minimum absolute atomic E-state index is 0.177. The van der Waals surface area contributed by atoms with Gasteiger partial charge in [0.1, 0.15) is 17.4 Å². The molecular weight excluding hydrogens is 436 g/mol. The molecular formula is C25H21ClN6O. The van der Waals surface area contributed by atoms with Crippen molar-refractivity contribution in [1.82, 2.24) is 19.9 Å². The first-order valence-electron chi connectivity index (χ1n) is 10.9. The van der Waals surface area contributed by atoms with Gasteiger partial charge in [0.2, 0.25) is 5.28 Å². The SMILES string of the molecule is CN(c1c2ccccc2cc2ccccc12)c1ncnc2c(N3CCOCC3)nc(Cl)nc12. The molecule has 33 heavy (non-hydrogen) atoms. The Kier molecular flexibility index (Phi) is 4.93. The molecule has 0 radical (unpaired) electrons. The van der Waals surface area contributed by atoms with Crippen LogP contribution >= 0.6 is 11.6 Å². The number of hydrogen-bond donors (Lipinski definition) is 0. The lowest BCUT2D eigenvalue weighted by molar-refractivity contribution is 0.122. The van der Waals surface area contributed by atoms with Crippen LogP contribution in [0.15, 0.2) is 60.9 Å². The zero-order valence-electron chi connectivity index (χ0n) is 18.1. The second-order valence-electron chi connectivity index (χ2n) is 8.04. The van der Waals surface area contributed by atoms with Crippen LogP contribution in [0.25, 0.3) is 32.6 Å². The number of anilines is 3. The van der Waals surface area contributed by atoms with Crippen molar-refractivity contribution in [1.29, 1.82) is 0 Å². The molecule has 1 aliphatic heterocycles. The molecule has 0 bridgehead atoms. The van der Waals surface area contributed by atoms with Gasteiger partial charge in [-0.05, 0) is 28.4 Å². The fraction of sp³-hybridized carbons (Fsp3) is 0.200. The molecule has 0 N–H and O–H groups in total. The Labute approximate surface area is 195 Å². The summed E-state index contributed by atoms with van der Waals surface area (Å²) in [4.78, 5) is 22.5. The van der Waals surface area contributed by atoms with Gasteiger partial charge in [-0.25, -0.2) is 15.0 Å². The Morgan fingerprint density at radius 3 is 2.24 bits per heavy atom. The van der Waals surface area contributed by atoms with Crippen molar-refractivity contribution in [3.63, 3.8) is 0 Å². The highest BCUT2D eigenvalue weighted by Crippen LogP contribution is 2.39. The van der Waals surface area contributed by atoms with Crippen LogP contribution in [0.5, 0.6) is 0 Å². The van der Waals surface area contributed by atoms with E-state index in [1.807, 2.05) is 7.05 Å². The summed E-state index contributed by atoms with van der Waals surface area (Å²) in [7, 11) is 2.01. The van der Waals surface area contributed by atoms with E-state index in [9.17, 15) is 0 Å². The van der Waals surface area contributed by atoms with E-state index in [0.29, 0.717) is 35.9 Å². The normalized spacial score (nSPS) is 14.3. The van der Waals surface area contributed by atoms with Crippen molar-refractivity contribution in [2.45, 2.75) is 0 Å². The molecule has 0 aliphatic carbocycles. The van der Waals surface area contributed by atoms with Crippen LogP contribution in [-0.2, 0) is 4.74 Å². The van der Waals surface area contributed by atoms with Crippen LogP contribution in [-0.4, -0.2) is 53.3 Å². The van der Waals surface area contributed by atoms with E-state index in [0.717, 1.165) is 40.3 Å². The van der Waals surface area contributed by atoms with Gasteiger partial charge >= 0.3 is 0 Å². The molecule has 2 aromatic heterocycles. The van der Waals surface area contributed by atoms with E-state index in [2.05, 4.69) is 84.3 Å². The molecule has 6 rings (SSSR count). The van der Waals surface area contributed by atoms with Crippen molar-refractivity contribution in [3.05, 3.63) is 66.2 Å². The van der Waals surface area contributed by atoms with Crippen molar-refractivity contribution >= 4 is 61.5 Å². The van der Waals surface area contributed by atoms with Crippen LogP contribution < -0.4 is 9.80 Å². The Balaban J connectivity index is 1.60. The van der Waals surface area contributed by atoms with Gasteiger partial charge in [0.25, 0.3) is 0 Å². The fourth-order valence-corrected chi connectivity index (χ4v) is 4.76. The van der Waals surface area contributed by atoms with Crippen molar-refractivity contribution < 1.29 is 4.74 Å². The summed E-state index contributed by atoms with van der Waals surface area (Å²) in [5.41, 5.74) is 2.37. The maximum Gasteiger partial charge on any atom is 0.225 e. The van der Waals surface area contributed by atoms with Gasteiger partial charge in [-0.3, -0.25) is 0 Å². The van der Waals surface area contributed by atoms with Crippen LogP contribution in [0.1, 0.15) is 0 Å². The number of nitrogens with zero attached hydrogens (tertiary/aromatic N) is 6. The monoisotopic (exact) mass is 456 g/mol. The summed E-state index contributed by atoms with van der Waals surface area (Å²) in [6.07, 6.45) is 1.57. The third-order valence-electron chi connectivity index (χ3n) is 6.12. The molecule has 0 saturated carbocycles. The summed E-state index contributed by atoms with van der Waals surface area (Å²) < 4.78 is 5.51. The first kappa shape index (κ1) is 20.1. The maximum absolute atomic E-state index is 6.40. The minimum atomic E-state index is 0.177. The van der Waals surface area contributed by atoms with Gasteiger partial charge in [0, 0.05) is 30.9 Å². The van der Waals surface area contributed by atoms with Gasteiger partial charge in [-0.2, -0.15) is 4.98 Å². The quantitative estimate of drug-likeness (QED) is 0.280. The predicted molar refractivity (Wildman–Crippen MR) is 133 cm³/mol. The lowest BCUT2D eigenvalue weighted by Crippen LogP contribution is -2.37. The van der Waals surface area contributed by atoms with Crippen LogP contribution in [0.2, 0.25) is 5.28 Å². The van der Waals surface area contributed by atoms with Gasteiger partial charge in [-0.1, -0.05) is 48.5 Å². The van der Waals surface area contributed by atoms with E-state index in [1.165, 1.54) is 0 Å². The third kappa shape index (κ3) is 3.41. The molecule has 164 valence electrons. The minimum Gasteiger partial charge on any atom is -0.378 e. The van der Waals surface area contributed by atoms with Gasteiger partial charge < -0.3 is 14.5 Å². The zero-order chi connectivity index (χ0) is 22.4. The number of benzene rings is 3. The largest absolute Gasteiger partial charge is 0.378 e. The Morgan fingerprint density at radius 1 is 0.879 bits per heavy atom. The zero-order valence-corrected chi connectivity index (χ0v) is 18.8. The van der Waals surface area contributed by atoms with E-state index < -0.39 is 0 Å². The van der Waals surface area contributed by atoms with E-state index in [4.69, 9.17) is 16.3 Å². The van der Waals surface area contributed by atoms with Gasteiger partial charge in [0.05, 0.1) is 18.9 Å².